The molecule has 0 unspecified atom stereocenters. The van der Waals surface area contributed by atoms with E-state index in [2.05, 4.69) is 23.1 Å². The lowest BCUT2D eigenvalue weighted by Crippen LogP contribution is -2.44. The zero-order valence-corrected chi connectivity index (χ0v) is 9.48. The Hall–Kier alpha value is -1.31. The maximum Gasteiger partial charge on any atom is 0.227 e. The van der Waals surface area contributed by atoms with Gasteiger partial charge in [0.15, 0.2) is 0 Å². The van der Waals surface area contributed by atoms with E-state index in [1.807, 2.05) is 6.07 Å². The lowest BCUT2D eigenvalue weighted by molar-refractivity contribution is -0.133. The summed E-state index contributed by atoms with van der Waals surface area (Å²) in [4.78, 5) is 14.3. The molecule has 1 fully saturated rings. The summed E-state index contributed by atoms with van der Waals surface area (Å²) in [5.41, 5.74) is 2.62. The lowest BCUT2D eigenvalue weighted by atomic mass is 9.95. The molecular weight excluding hydrogens is 198 g/mol. The number of nitrogens with zero attached hydrogens (tertiary/aromatic N) is 1. The zero-order valence-electron chi connectivity index (χ0n) is 9.48. The van der Waals surface area contributed by atoms with Gasteiger partial charge in [0.05, 0.1) is 6.42 Å². The number of rotatable bonds is 0. The van der Waals surface area contributed by atoms with E-state index in [1.165, 1.54) is 30.4 Å². The van der Waals surface area contributed by atoms with E-state index >= 15 is 0 Å². The highest BCUT2D eigenvalue weighted by atomic mass is 16.2. The number of piperidine rings is 1. The molecule has 84 valence electrons. The summed E-state index contributed by atoms with van der Waals surface area (Å²) in [7, 11) is 0. The van der Waals surface area contributed by atoms with Gasteiger partial charge in [0, 0.05) is 12.6 Å². The van der Waals surface area contributed by atoms with Crippen LogP contribution < -0.4 is 0 Å². The van der Waals surface area contributed by atoms with Crippen LogP contribution in [0.5, 0.6) is 0 Å². The molecule has 2 aliphatic rings. The van der Waals surface area contributed by atoms with Gasteiger partial charge in [-0.2, -0.15) is 0 Å². The smallest absolute Gasteiger partial charge is 0.227 e. The highest BCUT2D eigenvalue weighted by molar-refractivity contribution is 5.80. The van der Waals surface area contributed by atoms with Gasteiger partial charge in [0.2, 0.25) is 5.91 Å². The highest BCUT2D eigenvalue weighted by Gasteiger charge is 2.30. The summed E-state index contributed by atoms with van der Waals surface area (Å²) < 4.78 is 0. The summed E-state index contributed by atoms with van der Waals surface area (Å²) in [5.74, 6) is 0.328. The summed E-state index contributed by atoms with van der Waals surface area (Å²) in [6, 6.07) is 8.87. The highest BCUT2D eigenvalue weighted by Crippen LogP contribution is 2.26. The van der Waals surface area contributed by atoms with Crippen LogP contribution in [-0.4, -0.2) is 23.4 Å². The van der Waals surface area contributed by atoms with Crippen LogP contribution in [-0.2, 0) is 17.6 Å². The lowest BCUT2D eigenvalue weighted by Gasteiger charge is -2.34. The fourth-order valence-electron chi connectivity index (χ4n) is 2.99. The third-order valence-corrected chi connectivity index (χ3v) is 3.86. The molecule has 1 saturated heterocycles. The van der Waals surface area contributed by atoms with Crippen molar-refractivity contribution in [2.45, 2.75) is 38.1 Å². The molecule has 0 bridgehead atoms. The molecule has 0 aliphatic carbocycles. The Kier molecular flexibility index (Phi) is 2.43. The Morgan fingerprint density at radius 1 is 1.12 bits per heavy atom. The van der Waals surface area contributed by atoms with Gasteiger partial charge in [0.25, 0.3) is 0 Å². The van der Waals surface area contributed by atoms with Crippen molar-refractivity contribution < 1.29 is 4.79 Å². The van der Waals surface area contributed by atoms with Gasteiger partial charge < -0.3 is 4.90 Å². The summed E-state index contributed by atoms with van der Waals surface area (Å²) in [5, 5.41) is 0. The first-order valence-electron chi connectivity index (χ1n) is 6.21. The molecule has 0 aromatic heterocycles. The van der Waals surface area contributed by atoms with Gasteiger partial charge in [-0.1, -0.05) is 24.3 Å². The number of hydrogen-bond donors (Lipinski definition) is 0. The van der Waals surface area contributed by atoms with Crippen LogP contribution in [0.3, 0.4) is 0 Å². The second kappa shape index (κ2) is 3.93. The molecule has 0 radical (unpaired) electrons. The minimum atomic E-state index is 0.328. The Bertz CT molecular complexity index is 413. The van der Waals surface area contributed by atoms with E-state index < -0.39 is 0 Å². The Labute approximate surface area is 96.3 Å². The number of fused-ring (bicyclic) bond motifs is 2. The molecule has 2 heterocycles. The average molecular weight is 215 g/mol. The normalized spacial score (nSPS) is 24.6. The van der Waals surface area contributed by atoms with Crippen LogP contribution in [0.2, 0.25) is 0 Å². The predicted octanol–water partition coefficient (Wildman–Crippen LogP) is 2.17. The minimum absolute atomic E-state index is 0.328. The van der Waals surface area contributed by atoms with Crippen molar-refractivity contribution in [1.29, 1.82) is 0 Å². The van der Waals surface area contributed by atoms with E-state index in [-0.39, 0.29) is 0 Å². The van der Waals surface area contributed by atoms with Crippen LogP contribution >= 0.6 is 0 Å². The van der Waals surface area contributed by atoms with Gasteiger partial charge in [-0.25, -0.2) is 0 Å². The Morgan fingerprint density at radius 2 is 1.94 bits per heavy atom. The number of benzene rings is 1. The number of amides is 1. The molecular formula is C14H17NO. The fraction of sp³-hybridized carbons (Fsp3) is 0.500. The SMILES string of the molecule is O=C1Cc2ccccc2C[C@H]2CCCCN12. The van der Waals surface area contributed by atoms with Crippen molar-refractivity contribution in [2.75, 3.05) is 6.54 Å². The van der Waals surface area contributed by atoms with Gasteiger partial charge in [-0.3, -0.25) is 4.79 Å². The largest absolute Gasteiger partial charge is 0.339 e. The maximum atomic E-state index is 12.1. The molecule has 2 aliphatic heterocycles. The summed E-state index contributed by atoms with van der Waals surface area (Å²) in [6.45, 7) is 0.970. The van der Waals surface area contributed by atoms with Gasteiger partial charge in [-0.05, 0) is 36.8 Å². The van der Waals surface area contributed by atoms with Crippen LogP contribution in [0.15, 0.2) is 24.3 Å². The maximum absolute atomic E-state index is 12.1. The fourth-order valence-corrected chi connectivity index (χ4v) is 2.99. The van der Waals surface area contributed by atoms with Crippen LogP contribution in [0.4, 0.5) is 0 Å². The molecule has 2 heteroatoms. The van der Waals surface area contributed by atoms with Crippen molar-refractivity contribution in [3.63, 3.8) is 0 Å². The first-order valence-corrected chi connectivity index (χ1v) is 6.21. The second-order valence-electron chi connectivity index (χ2n) is 4.89. The third kappa shape index (κ3) is 1.62. The molecule has 2 nitrogen and oxygen atoms in total. The zero-order chi connectivity index (χ0) is 11.0. The first kappa shape index (κ1) is 9.88. The Balaban J connectivity index is 1.96. The number of carbonyl (C=O) groups excluding carboxylic acids is 1. The summed E-state index contributed by atoms with van der Waals surface area (Å²) in [6.07, 6.45) is 5.30. The van der Waals surface area contributed by atoms with E-state index in [1.54, 1.807) is 0 Å². The number of hydrogen-bond acceptors (Lipinski definition) is 1. The molecule has 1 amide bonds. The van der Waals surface area contributed by atoms with E-state index in [0.29, 0.717) is 18.4 Å². The molecule has 3 rings (SSSR count). The van der Waals surface area contributed by atoms with Crippen LogP contribution in [0, 0.1) is 0 Å². The first-order chi connectivity index (χ1) is 7.84. The molecule has 1 atom stereocenters. The molecule has 1 aromatic carbocycles. The van der Waals surface area contributed by atoms with E-state index in [4.69, 9.17) is 0 Å². The van der Waals surface area contributed by atoms with Crippen molar-refractivity contribution in [3.05, 3.63) is 35.4 Å². The van der Waals surface area contributed by atoms with E-state index in [9.17, 15) is 4.79 Å². The monoisotopic (exact) mass is 215 g/mol. The number of carbonyl (C=O) groups is 1. The van der Waals surface area contributed by atoms with Crippen molar-refractivity contribution in [2.24, 2.45) is 0 Å². The topological polar surface area (TPSA) is 20.3 Å². The van der Waals surface area contributed by atoms with Gasteiger partial charge in [0.1, 0.15) is 0 Å². The predicted molar refractivity (Wildman–Crippen MR) is 63.2 cm³/mol. The molecule has 0 saturated carbocycles. The average Bonchev–Trinajstić information content (AvgIpc) is 2.45. The minimum Gasteiger partial charge on any atom is -0.339 e. The standard InChI is InChI=1S/C14H17NO/c16-14-10-12-6-2-1-5-11(12)9-13-7-3-4-8-15(13)14/h1-2,5-6,13H,3-4,7-10H2/t13-/m1/s1. The van der Waals surface area contributed by atoms with Crippen molar-refractivity contribution in [1.82, 2.24) is 4.90 Å². The third-order valence-electron chi connectivity index (χ3n) is 3.86. The van der Waals surface area contributed by atoms with Crippen molar-refractivity contribution in [3.8, 4) is 0 Å². The quantitative estimate of drug-likeness (QED) is 0.649. The molecule has 0 N–H and O–H groups in total. The summed E-state index contributed by atoms with van der Waals surface area (Å²) >= 11 is 0. The van der Waals surface area contributed by atoms with Crippen molar-refractivity contribution >= 4 is 5.91 Å². The Morgan fingerprint density at radius 3 is 2.81 bits per heavy atom. The molecule has 0 spiro atoms. The molecule has 1 aromatic rings. The van der Waals surface area contributed by atoms with Gasteiger partial charge >= 0.3 is 0 Å². The van der Waals surface area contributed by atoms with Crippen LogP contribution in [0.25, 0.3) is 0 Å². The van der Waals surface area contributed by atoms with E-state index in [0.717, 1.165) is 13.0 Å². The van der Waals surface area contributed by atoms with Gasteiger partial charge in [-0.15, -0.1) is 0 Å². The van der Waals surface area contributed by atoms with Crippen LogP contribution in [0.1, 0.15) is 30.4 Å². The second-order valence-corrected chi connectivity index (χ2v) is 4.89. The molecule has 16 heavy (non-hydrogen) atoms.